The number of hydrogen-bond donors (Lipinski definition) is 0. The van der Waals surface area contributed by atoms with Gasteiger partial charge in [0.1, 0.15) is 17.2 Å². The number of carbonyl (C=O) groups excluding carboxylic acids is 1. The van der Waals surface area contributed by atoms with Crippen molar-refractivity contribution in [3.8, 4) is 0 Å². The second-order valence-corrected chi connectivity index (χ2v) is 5.34. The van der Waals surface area contributed by atoms with Crippen molar-refractivity contribution in [2.24, 2.45) is 0 Å². The van der Waals surface area contributed by atoms with Crippen molar-refractivity contribution < 1.29 is 13.6 Å². The van der Waals surface area contributed by atoms with Gasteiger partial charge in [-0.25, -0.2) is 8.78 Å². The van der Waals surface area contributed by atoms with Gasteiger partial charge in [-0.1, -0.05) is 18.9 Å². The van der Waals surface area contributed by atoms with Gasteiger partial charge in [0.25, 0.3) is 5.91 Å². The van der Waals surface area contributed by atoms with E-state index in [-0.39, 0.29) is 12.1 Å². The Hall–Kier alpha value is -1.45. The third kappa shape index (κ3) is 2.77. The summed E-state index contributed by atoms with van der Waals surface area (Å²) in [4.78, 5) is 14.1. The molecule has 104 valence electrons. The van der Waals surface area contributed by atoms with Crippen LogP contribution in [0.2, 0.25) is 0 Å². The number of nitrogens with zero attached hydrogens (tertiary/aromatic N) is 1. The predicted octanol–water partition coefficient (Wildman–Crippen LogP) is 3.76. The zero-order chi connectivity index (χ0) is 14.0. The lowest BCUT2D eigenvalue weighted by Gasteiger charge is -2.33. The van der Waals surface area contributed by atoms with Crippen molar-refractivity contribution in [2.75, 3.05) is 0 Å². The van der Waals surface area contributed by atoms with Crippen molar-refractivity contribution in [2.45, 2.75) is 51.6 Å². The molecular formula is C15H19F2NO. The van der Waals surface area contributed by atoms with E-state index in [0.29, 0.717) is 0 Å². The minimum absolute atomic E-state index is 0.0605. The Morgan fingerprint density at radius 3 is 2.21 bits per heavy atom. The summed E-state index contributed by atoms with van der Waals surface area (Å²) < 4.78 is 27.4. The fourth-order valence-corrected chi connectivity index (χ4v) is 2.84. The first-order valence-corrected chi connectivity index (χ1v) is 6.79. The molecule has 0 heterocycles. The minimum Gasteiger partial charge on any atom is -0.333 e. The maximum atomic E-state index is 13.7. The average Bonchev–Trinajstić information content (AvgIpc) is 2.82. The Morgan fingerprint density at radius 1 is 1.21 bits per heavy atom. The SMILES string of the molecule is CC(C)N(C(=O)c1c(F)cccc1F)C1CCCC1. The van der Waals surface area contributed by atoms with Crippen molar-refractivity contribution in [1.82, 2.24) is 4.90 Å². The molecule has 1 aliphatic carbocycles. The van der Waals surface area contributed by atoms with Crippen molar-refractivity contribution in [3.63, 3.8) is 0 Å². The molecular weight excluding hydrogens is 248 g/mol. The summed E-state index contributed by atoms with van der Waals surface area (Å²) in [6, 6.07) is 3.57. The zero-order valence-corrected chi connectivity index (χ0v) is 11.3. The van der Waals surface area contributed by atoms with Gasteiger partial charge in [-0.3, -0.25) is 4.79 Å². The average molecular weight is 267 g/mol. The van der Waals surface area contributed by atoms with Crippen LogP contribution in [-0.2, 0) is 0 Å². The fraction of sp³-hybridized carbons (Fsp3) is 0.533. The highest BCUT2D eigenvalue weighted by molar-refractivity contribution is 5.95. The minimum atomic E-state index is -0.784. The molecule has 0 N–H and O–H groups in total. The van der Waals surface area contributed by atoms with Crippen LogP contribution in [0.3, 0.4) is 0 Å². The molecule has 1 aromatic rings. The van der Waals surface area contributed by atoms with Crippen molar-refractivity contribution in [1.29, 1.82) is 0 Å². The van der Waals surface area contributed by atoms with Crippen LogP contribution >= 0.6 is 0 Å². The lowest BCUT2D eigenvalue weighted by atomic mass is 10.1. The van der Waals surface area contributed by atoms with Crippen LogP contribution in [0.1, 0.15) is 49.9 Å². The Bertz CT molecular complexity index is 447. The van der Waals surface area contributed by atoms with Gasteiger partial charge in [0.05, 0.1) is 0 Å². The first-order chi connectivity index (χ1) is 9.02. The van der Waals surface area contributed by atoms with E-state index in [1.54, 1.807) is 4.90 Å². The summed E-state index contributed by atoms with van der Waals surface area (Å²) in [5, 5.41) is 0. The van der Waals surface area contributed by atoms with E-state index in [2.05, 4.69) is 0 Å². The molecule has 0 unspecified atom stereocenters. The number of rotatable bonds is 3. The van der Waals surface area contributed by atoms with E-state index in [1.165, 1.54) is 6.07 Å². The van der Waals surface area contributed by atoms with Crippen molar-refractivity contribution >= 4 is 5.91 Å². The largest absolute Gasteiger partial charge is 0.333 e. The molecule has 4 heteroatoms. The number of benzene rings is 1. The van der Waals surface area contributed by atoms with E-state index < -0.39 is 23.1 Å². The topological polar surface area (TPSA) is 20.3 Å². The normalized spacial score (nSPS) is 16.1. The van der Waals surface area contributed by atoms with Crippen LogP contribution in [-0.4, -0.2) is 22.9 Å². The van der Waals surface area contributed by atoms with Gasteiger partial charge in [0.2, 0.25) is 0 Å². The summed E-state index contributed by atoms with van der Waals surface area (Å²) in [6.45, 7) is 3.77. The van der Waals surface area contributed by atoms with Gasteiger partial charge >= 0.3 is 0 Å². The zero-order valence-electron chi connectivity index (χ0n) is 11.3. The Balaban J connectivity index is 2.34. The molecule has 1 fully saturated rings. The van der Waals surface area contributed by atoms with Gasteiger partial charge < -0.3 is 4.90 Å². The molecule has 0 aliphatic heterocycles. The van der Waals surface area contributed by atoms with E-state index in [0.717, 1.165) is 37.8 Å². The lowest BCUT2D eigenvalue weighted by Crippen LogP contribution is -2.44. The summed E-state index contributed by atoms with van der Waals surface area (Å²) in [7, 11) is 0. The molecule has 0 bridgehead atoms. The quantitative estimate of drug-likeness (QED) is 0.816. The summed E-state index contributed by atoms with van der Waals surface area (Å²) in [5.74, 6) is -2.10. The van der Waals surface area contributed by atoms with E-state index in [4.69, 9.17) is 0 Å². The van der Waals surface area contributed by atoms with Gasteiger partial charge in [-0.2, -0.15) is 0 Å². The van der Waals surface area contributed by atoms with E-state index in [1.807, 2.05) is 13.8 Å². The van der Waals surface area contributed by atoms with Crippen molar-refractivity contribution in [3.05, 3.63) is 35.4 Å². The van der Waals surface area contributed by atoms with Gasteiger partial charge in [0.15, 0.2) is 0 Å². The summed E-state index contributed by atoms with van der Waals surface area (Å²) in [5.41, 5.74) is -0.428. The number of hydrogen-bond acceptors (Lipinski definition) is 1. The molecule has 0 atom stereocenters. The molecule has 0 spiro atoms. The number of halogens is 2. The molecule has 2 rings (SSSR count). The molecule has 2 nitrogen and oxygen atoms in total. The highest BCUT2D eigenvalue weighted by Crippen LogP contribution is 2.27. The molecule has 0 radical (unpaired) electrons. The lowest BCUT2D eigenvalue weighted by molar-refractivity contribution is 0.0603. The standard InChI is InChI=1S/C15H19F2NO/c1-10(2)18(11-6-3-4-7-11)15(19)14-12(16)8-5-9-13(14)17/h5,8-11H,3-4,6-7H2,1-2H3. The van der Waals surface area contributed by atoms with Crippen LogP contribution in [0.4, 0.5) is 8.78 Å². The third-order valence-electron chi connectivity index (χ3n) is 3.69. The van der Waals surface area contributed by atoms with Gasteiger partial charge in [0, 0.05) is 12.1 Å². The fourth-order valence-electron chi connectivity index (χ4n) is 2.84. The predicted molar refractivity (Wildman–Crippen MR) is 69.9 cm³/mol. The smallest absolute Gasteiger partial charge is 0.260 e. The number of carbonyl (C=O) groups is 1. The monoisotopic (exact) mass is 267 g/mol. The highest BCUT2D eigenvalue weighted by atomic mass is 19.1. The first-order valence-electron chi connectivity index (χ1n) is 6.79. The first kappa shape index (κ1) is 14.0. The molecule has 19 heavy (non-hydrogen) atoms. The van der Waals surface area contributed by atoms with Crippen LogP contribution in [0.25, 0.3) is 0 Å². The molecule has 1 saturated carbocycles. The molecule has 1 amide bonds. The maximum Gasteiger partial charge on any atom is 0.260 e. The van der Waals surface area contributed by atoms with E-state index in [9.17, 15) is 13.6 Å². The Morgan fingerprint density at radius 2 is 1.74 bits per heavy atom. The summed E-state index contributed by atoms with van der Waals surface area (Å²) >= 11 is 0. The Labute approximate surface area is 112 Å². The van der Waals surface area contributed by atoms with Crippen LogP contribution in [0.5, 0.6) is 0 Å². The van der Waals surface area contributed by atoms with Crippen LogP contribution in [0, 0.1) is 11.6 Å². The van der Waals surface area contributed by atoms with Crippen LogP contribution in [0.15, 0.2) is 18.2 Å². The van der Waals surface area contributed by atoms with Gasteiger partial charge in [-0.05, 0) is 38.8 Å². The molecule has 1 aliphatic rings. The number of amides is 1. The maximum absolute atomic E-state index is 13.7. The molecule has 0 saturated heterocycles. The van der Waals surface area contributed by atoms with Crippen LogP contribution < -0.4 is 0 Å². The highest BCUT2D eigenvalue weighted by Gasteiger charge is 2.32. The second-order valence-electron chi connectivity index (χ2n) is 5.34. The molecule has 0 aromatic heterocycles. The third-order valence-corrected chi connectivity index (χ3v) is 3.69. The Kier molecular flexibility index (Phi) is 4.17. The van der Waals surface area contributed by atoms with E-state index >= 15 is 0 Å². The molecule has 1 aromatic carbocycles. The second kappa shape index (κ2) is 5.68. The van der Waals surface area contributed by atoms with Gasteiger partial charge in [-0.15, -0.1) is 0 Å². The summed E-state index contributed by atoms with van der Waals surface area (Å²) in [6.07, 6.45) is 3.97.